The predicted molar refractivity (Wildman–Crippen MR) is 126 cm³/mol. The Hall–Kier alpha value is -3.44. The van der Waals surface area contributed by atoms with Crippen molar-refractivity contribution in [3.05, 3.63) is 53.3 Å². The molecular formula is C24H25FN2O7S. The Labute approximate surface area is 201 Å². The van der Waals surface area contributed by atoms with Gasteiger partial charge in [-0.2, -0.15) is 4.31 Å². The smallest absolute Gasteiger partial charge is 0.412 e. The standard InChI is InChI=1S/C24H25FN2O7S/c1-13(2)32-19-12-17-20(11-16(19)18-5-4-10-27(18)35(3,30)31)33-22(14-6-8-15(25)9-7-14)21(17)23(28)34-24(26)29/h6-9,11-13,18H,4-5,10H2,1-3H3,(H2,26,29). The summed E-state index contributed by atoms with van der Waals surface area (Å²) in [5.41, 5.74) is 6.17. The van der Waals surface area contributed by atoms with Crippen LogP contribution in [0, 0.1) is 5.82 Å². The number of hydrogen-bond donors (Lipinski definition) is 1. The fourth-order valence-corrected chi connectivity index (χ4v) is 5.49. The van der Waals surface area contributed by atoms with Crippen LogP contribution in [-0.2, 0) is 14.8 Å². The summed E-state index contributed by atoms with van der Waals surface area (Å²) in [6.07, 6.45) is 0.856. The lowest BCUT2D eigenvalue weighted by atomic mass is 10.00. The molecule has 186 valence electrons. The molecular weight excluding hydrogens is 479 g/mol. The normalized spacial score (nSPS) is 16.7. The molecule has 2 heterocycles. The molecule has 2 N–H and O–H groups in total. The Morgan fingerprint density at radius 1 is 1.20 bits per heavy atom. The molecule has 0 saturated carbocycles. The van der Waals surface area contributed by atoms with Gasteiger partial charge in [-0.1, -0.05) is 0 Å². The van der Waals surface area contributed by atoms with Crippen molar-refractivity contribution in [2.45, 2.75) is 38.8 Å². The number of halogens is 1. The van der Waals surface area contributed by atoms with Gasteiger partial charge in [-0.25, -0.2) is 22.4 Å². The lowest BCUT2D eigenvalue weighted by Gasteiger charge is -2.25. The molecule has 35 heavy (non-hydrogen) atoms. The molecule has 1 unspecified atom stereocenters. The number of rotatable bonds is 6. The van der Waals surface area contributed by atoms with Crippen LogP contribution in [0.1, 0.15) is 48.7 Å². The van der Waals surface area contributed by atoms with Crippen LogP contribution in [0.25, 0.3) is 22.3 Å². The third-order valence-electron chi connectivity index (χ3n) is 5.68. The van der Waals surface area contributed by atoms with Gasteiger partial charge in [-0.05, 0) is 63.1 Å². The number of primary amides is 1. The minimum Gasteiger partial charge on any atom is -0.491 e. The van der Waals surface area contributed by atoms with Crippen LogP contribution in [0.5, 0.6) is 5.75 Å². The highest BCUT2D eigenvalue weighted by molar-refractivity contribution is 7.88. The summed E-state index contributed by atoms with van der Waals surface area (Å²) in [6.45, 7) is 4.01. The first-order valence-electron chi connectivity index (χ1n) is 11.0. The van der Waals surface area contributed by atoms with E-state index in [1.807, 2.05) is 13.8 Å². The molecule has 1 amide bonds. The number of furan rings is 1. The first-order chi connectivity index (χ1) is 16.5. The van der Waals surface area contributed by atoms with E-state index < -0.39 is 33.9 Å². The van der Waals surface area contributed by atoms with Gasteiger partial charge >= 0.3 is 12.1 Å². The number of hydrogen-bond acceptors (Lipinski definition) is 7. The summed E-state index contributed by atoms with van der Waals surface area (Å²) in [5, 5.41) is 0.277. The number of carbonyl (C=O) groups excluding carboxylic acids is 2. The van der Waals surface area contributed by atoms with Crippen LogP contribution < -0.4 is 10.5 Å². The topological polar surface area (TPSA) is 129 Å². The van der Waals surface area contributed by atoms with E-state index in [4.69, 9.17) is 14.9 Å². The highest BCUT2D eigenvalue weighted by Crippen LogP contribution is 2.44. The Morgan fingerprint density at radius 3 is 2.49 bits per heavy atom. The maximum absolute atomic E-state index is 13.5. The monoisotopic (exact) mass is 504 g/mol. The molecule has 0 bridgehead atoms. The molecule has 11 heteroatoms. The summed E-state index contributed by atoms with van der Waals surface area (Å²) in [4.78, 5) is 24.2. The second-order valence-corrected chi connectivity index (χ2v) is 10.5. The molecule has 1 atom stereocenters. The van der Waals surface area contributed by atoms with Gasteiger partial charge in [0, 0.05) is 23.1 Å². The van der Waals surface area contributed by atoms with Crippen molar-refractivity contribution in [2.75, 3.05) is 12.8 Å². The summed E-state index contributed by atoms with van der Waals surface area (Å²) in [5.74, 6) is -1.11. The van der Waals surface area contributed by atoms with Gasteiger partial charge in [0.25, 0.3) is 0 Å². The van der Waals surface area contributed by atoms with Gasteiger partial charge in [0.15, 0.2) is 0 Å². The van der Waals surface area contributed by atoms with E-state index in [1.165, 1.54) is 28.6 Å². The zero-order chi connectivity index (χ0) is 25.5. The number of nitrogens with two attached hydrogens (primary N) is 1. The average Bonchev–Trinajstić information content (AvgIpc) is 3.37. The van der Waals surface area contributed by atoms with Crippen LogP contribution >= 0.6 is 0 Å². The highest BCUT2D eigenvalue weighted by Gasteiger charge is 2.36. The Balaban J connectivity index is 1.97. The van der Waals surface area contributed by atoms with E-state index in [9.17, 15) is 22.4 Å². The number of sulfonamides is 1. The first kappa shape index (κ1) is 24.7. The minimum atomic E-state index is -3.49. The SMILES string of the molecule is CC(C)Oc1cc2c(C(=O)OC(N)=O)c(-c3ccc(F)cc3)oc2cc1C1CCCN1S(C)(=O)=O. The second-order valence-electron chi connectivity index (χ2n) is 8.61. The third-order valence-corrected chi connectivity index (χ3v) is 6.96. The fourth-order valence-electron chi connectivity index (χ4n) is 4.35. The molecule has 0 spiro atoms. The Bertz CT molecular complexity index is 1400. The van der Waals surface area contributed by atoms with Crippen molar-refractivity contribution < 1.29 is 36.3 Å². The van der Waals surface area contributed by atoms with Crippen LogP contribution in [0.2, 0.25) is 0 Å². The van der Waals surface area contributed by atoms with Crippen molar-refractivity contribution in [1.29, 1.82) is 0 Å². The van der Waals surface area contributed by atoms with Crippen molar-refractivity contribution in [3.8, 4) is 17.1 Å². The molecule has 0 radical (unpaired) electrons. The molecule has 9 nitrogen and oxygen atoms in total. The molecule has 1 fully saturated rings. The van der Waals surface area contributed by atoms with Gasteiger partial charge in [0.1, 0.15) is 28.5 Å². The van der Waals surface area contributed by atoms with Gasteiger partial charge in [-0.15, -0.1) is 0 Å². The van der Waals surface area contributed by atoms with Crippen LogP contribution in [-0.4, -0.2) is 43.7 Å². The largest absolute Gasteiger partial charge is 0.491 e. The number of ether oxygens (including phenoxy) is 2. The maximum atomic E-state index is 13.5. The van der Waals surface area contributed by atoms with Gasteiger partial charge in [-0.3, -0.25) is 0 Å². The van der Waals surface area contributed by atoms with Gasteiger partial charge in [0.05, 0.1) is 18.4 Å². The Kier molecular flexibility index (Phi) is 6.56. The minimum absolute atomic E-state index is 0.0466. The van der Waals surface area contributed by atoms with E-state index in [0.717, 1.165) is 6.26 Å². The number of esters is 1. The molecule has 1 aromatic heterocycles. The molecule has 1 aliphatic rings. The van der Waals surface area contributed by atoms with Crippen molar-refractivity contribution in [3.63, 3.8) is 0 Å². The van der Waals surface area contributed by atoms with Crippen LogP contribution in [0.15, 0.2) is 40.8 Å². The van der Waals surface area contributed by atoms with E-state index >= 15 is 0 Å². The highest BCUT2D eigenvalue weighted by atomic mass is 32.2. The number of benzene rings is 2. The molecule has 2 aromatic carbocycles. The van der Waals surface area contributed by atoms with Crippen molar-refractivity contribution in [1.82, 2.24) is 4.31 Å². The molecule has 1 saturated heterocycles. The molecule has 1 aliphatic heterocycles. The van der Waals surface area contributed by atoms with E-state index in [0.29, 0.717) is 36.3 Å². The second kappa shape index (κ2) is 9.31. The number of carbonyl (C=O) groups is 2. The molecule has 3 aromatic rings. The zero-order valence-corrected chi connectivity index (χ0v) is 20.2. The third kappa shape index (κ3) is 5.01. The van der Waals surface area contributed by atoms with E-state index in [-0.39, 0.29) is 28.4 Å². The van der Waals surface area contributed by atoms with Crippen molar-refractivity contribution >= 4 is 33.1 Å². The van der Waals surface area contributed by atoms with Crippen LogP contribution in [0.3, 0.4) is 0 Å². The summed E-state index contributed by atoms with van der Waals surface area (Å²) < 4.78 is 56.4. The molecule has 4 rings (SSSR count). The summed E-state index contributed by atoms with van der Waals surface area (Å²) in [7, 11) is -3.49. The zero-order valence-electron chi connectivity index (χ0n) is 19.4. The van der Waals surface area contributed by atoms with Crippen LogP contribution in [0.4, 0.5) is 9.18 Å². The van der Waals surface area contributed by atoms with Crippen molar-refractivity contribution in [2.24, 2.45) is 5.73 Å². The van der Waals surface area contributed by atoms with E-state index in [1.54, 1.807) is 12.1 Å². The lowest BCUT2D eigenvalue weighted by Crippen LogP contribution is -2.29. The average molecular weight is 505 g/mol. The summed E-state index contributed by atoms with van der Waals surface area (Å²) in [6, 6.07) is 7.96. The number of nitrogens with zero attached hydrogens (tertiary/aromatic N) is 1. The summed E-state index contributed by atoms with van der Waals surface area (Å²) >= 11 is 0. The van der Waals surface area contributed by atoms with Gasteiger partial charge < -0.3 is 19.6 Å². The maximum Gasteiger partial charge on any atom is 0.412 e. The van der Waals surface area contributed by atoms with E-state index in [2.05, 4.69) is 4.74 Å². The lowest BCUT2D eigenvalue weighted by molar-refractivity contribution is 0.0640. The quantitative estimate of drug-likeness (QED) is 0.390. The Morgan fingerprint density at radius 2 is 1.89 bits per heavy atom. The fraction of sp³-hybridized carbons (Fsp3) is 0.333. The molecule has 0 aliphatic carbocycles. The predicted octanol–water partition coefficient (Wildman–Crippen LogP) is 4.36. The first-order valence-corrected chi connectivity index (χ1v) is 12.8. The van der Waals surface area contributed by atoms with Gasteiger partial charge in [0.2, 0.25) is 10.0 Å². The number of fused-ring (bicyclic) bond motifs is 1. The number of amides is 1.